The van der Waals surface area contributed by atoms with E-state index in [1.807, 2.05) is 6.07 Å². The number of halogens is 2. The van der Waals surface area contributed by atoms with Crippen molar-refractivity contribution in [2.75, 3.05) is 0 Å². The zero-order valence-electron chi connectivity index (χ0n) is 13.3. The molecule has 0 saturated heterocycles. The maximum absolute atomic E-state index is 12.1. The Balaban J connectivity index is 2.81. The Bertz CT molecular complexity index is 548. The van der Waals surface area contributed by atoms with Crippen LogP contribution in [0.5, 0.6) is 5.75 Å². The number of carbonyl (C=O) groups excluding carboxylic acids is 1. The minimum atomic E-state index is -2.89. The Morgan fingerprint density at radius 3 is 2.39 bits per heavy atom. The number of rotatable bonds is 6. The van der Waals surface area contributed by atoms with Gasteiger partial charge in [0.25, 0.3) is 0 Å². The number of nitrogens with zero attached hydrogens (tertiary/aromatic N) is 1. The molecule has 0 fully saturated rings. The number of ether oxygens (including phenoxy) is 2. The van der Waals surface area contributed by atoms with E-state index >= 15 is 0 Å². The monoisotopic (exact) mass is 326 g/mol. The first-order chi connectivity index (χ1) is 10.7. The van der Waals surface area contributed by atoms with Crippen LogP contribution in [0.2, 0.25) is 0 Å². The van der Waals surface area contributed by atoms with E-state index in [0.717, 1.165) is 0 Å². The van der Waals surface area contributed by atoms with Gasteiger partial charge in [0.1, 0.15) is 11.4 Å². The first kappa shape index (κ1) is 18.7. The van der Waals surface area contributed by atoms with Crippen molar-refractivity contribution in [2.24, 2.45) is 0 Å². The van der Waals surface area contributed by atoms with Crippen molar-refractivity contribution in [2.45, 2.75) is 51.9 Å². The second kappa shape index (κ2) is 8.32. The number of benzene rings is 1. The van der Waals surface area contributed by atoms with Gasteiger partial charge in [-0.15, -0.1) is 0 Å². The highest BCUT2D eigenvalue weighted by molar-refractivity contribution is 5.68. The topological polar surface area (TPSA) is 71.3 Å². The van der Waals surface area contributed by atoms with Crippen LogP contribution in [-0.4, -0.2) is 18.3 Å². The van der Waals surface area contributed by atoms with Crippen LogP contribution in [0.25, 0.3) is 0 Å². The molecule has 1 amide bonds. The molecular formula is C16H20F2N2O3. The fourth-order valence-corrected chi connectivity index (χ4v) is 1.86. The van der Waals surface area contributed by atoms with Crippen molar-refractivity contribution in [1.82, 2.24) is 5.32 Å². The molecule has 0 aromatic heterocycles. The number of alkyl carbamates (subject to hydrolysis) is 1. The summed E-state index contributed by atoms with van der Waals surface area (Å²) in [4.78, 5) is 11.9. The average molecular weight is 326 g/mol. The number of hydrogen-bond acceptors (Lipinski definition) is 4. The molecule has 0 unspecified atom stereocenters. The van der Waals surface area contributed by atoms with Crippen LogP contribution in [0, 0.1) is 11.3 Å². The Hall–Kier alpha value is -2.36. The SMILES string of the molecule is CC(C)(C)OC(=O)N[C@H](CCC#N)c1ccc(OC(F)F)cc1. The van der Waals surface area contributed by atoms with Gasteiger partial charge in [-0.05, 0) is 44.9 Å². The zero-order chi connectivity index (χ0) is 17.5. The van der Waals surface area contributed by atoms with Crippen LogP contribution in [0.4, 0.5) is 13.6 Å². The second-order valence-electron chi connectivity index (χ2n) is 5.84. The van der Waals surface area contributed by atoms with E-state index < -0.39 is 24.3 Å². The molecule has 1 aromatic carbocycles. The number of carbonyl (C=O) groups is 1. The van der Waals surface area contributed by atoms with Gasteiger partial charge in [0.15, 0.2) is 0 Å². The Kier molecular flexibility index (Phi) is 6.76. The minimum Gasteiger partial charge on any atom is -0.444 e. The summed E-state index contributed by atoms with van der Waals surface area (Å²) in [5.74, 6) is 0.0278. The first-order valence-corrected chi connectivity index (χ1v) is 7.12. The first-order valence-electron chi connectivity index (χ1n) is 7.12. The van der Waals surface area contributed by atoms with E-state index in [-0.39, 0.29) is 12.2 Å². The van der Waals surface area contributed by atoms with E-state index in [4.69, 9.17) is 10.00 Å². The predicted molar refractivity (Wildman–Crippen MR) is 80.0 cm³/mol. The minimum absolute atomic E-state index is 0.0278. The maximum Gasteiger partial charge on any atom is 0.408 e. The molecule has 5 nitrogen and oxygen atoms in total. The van der Waals surface area contributed by atoms with Crippen molar-refractivity contribution in [3.63, 3.8) is 0 Å². The highest BCUT2D eigenvalue weighted by atomic mass is 19.3. The lowest BCUT2D eigenvalue weighted by atomic mass is 10.0. The number of nitrogens with one attached hydrogen (secondary N) is 1. The van der Waals surface area contributed by atoms with Gasteiger partial charge < -0.3 is 14.8 Å². The molecule has 126 valence electrons. The standard InChI is InChI=1S/C16H20F2N2O3/c1-16(2,3)23-15(21)20-13(5-4-10-19)11-6-8-12(9-7-11)22-14(17)18/h6-9,13-14H,4-5H2,1-3H3,(H,20,21)/t13-/m1/s1. The van der Waals surface area contributed by atoms with E-state index in [1.165, 1.54) is 12.1 Å². The average Bonchev–Trinajstić information content (AvgIpc) is 2.41. The van der Waals surface area contributed by atoms with Gasteiger partial charge >= 0.3 is 12.7 Å². The molecule has 0 bridgehead atoms. The van der Waals surface area contributed by atoms with E-state index in [9.17, 15) is 13.6 Å². The van der Waals surface area contributed by atoms with Crippen molar-refractivity contribution in [3.8, 4) is 11.8 Å². The molecule has 1 N–H and O–H groups in total. The Morgan fingerprint density at radius 2 is 1.91 bits per heavy atom. The van der Waals surface area contributed by atoms with Gasteiger partial charge in [-0.25, -0.2) is 4.79 Å². The Labute approximate surface area is 134 Å². The fraction of sp³-hybridized carbons (Fsp3) is 0.500. The number of nitriles is 1. The zero-order valence-corrected chi connectivity index (χ0v) is 13.3. The summed E-state index contributed by atoms with van der Waals surface area (Å²) < 4.78 is 33.8. The number of amides is 1. The molecule has 7 heteroatoms. The maximum atomic E-state index is 12.1. The van der Waals surface area contributed by atoms with Gasteiger partial charge in [0, 0.05) is 6.42 Å². The van der Waals surface area contributed by atoms with Crippen LogP contribution in [0.3, 0.4) is 0 Å². The highest BCUT2D eigenvalue weighted by Crippen LogP contribution is 2.23. The van der Waals surface area contributed by atoms with Crippen LogP contribution < -0.4 is 10.1 Å². The normalized spacial score (nSPS) is 12.4. The lowest BCUT2D eigenvalue weighted by Crippen LogP contribution is -2.35. The predicted octanol–water partition coefficient (Wildman–Crippen LogP) is 4.16. The van der Waals surface area contributed by atoms with Gasteiger partial charge in [-0.2, -0.15) is 14.0 Å². The van der Waals surface area contributed by atoms with Gasteiger partial charge in [-0.3, -0.25) is 0 Å². The summed E-state index contributed by atoms with van der Waals surface area (Å²) >= 11 is 0. The molecule has 0 radical (unpaired) electrons. The third-order valence-corrected chi connectivity index (χ3v) is 2.74. The van der Waals surface area contributed by atoms with Crippen molar-refractivity contribution < 1.29 is 23.0 Å². The fourth-order valence-electron chi connectivity index (χ4n) is 1.86. The van der Waals surface area contributed by atoms with Gasteiger partial charge in [-0.1, -0.05) is 12.1 Å². The van der Waals surface area contributed by atoms with Crippen LogP contribution in [-0.2, 0) is 4.74 Å². The summed E-state index contributed by atoms with van der Waals surface area (Å²) in [5, 5.41) is 11.4. The third kappa shape index (κ3) is 7.45. The summed E-state index contributed by atoms with van der Waals surface area (Å²) in [5.41, 5.74) is 0.0338. The molecule has 0 saturated carbocycles. The molecule has 1 rings (SSSR count). The van der Waals surface area contributed by atoms with Crippen LogP contribution in [0.15, 0.2) is 24.3 Å². The largest absolute Gasteiger partial charge is 0.444 e. The van der Waals surface area contributed by atoms with Gasteiger partial charge in [0.2, 0.25) is 0 Å². The molecule has 0 spiro atoms. The molecule has 0 aliphatic rings. The van der Waals surface area contributed by atoms with Gasteiger partial charge in [0.05, 0.1) is 12.1 Å². The second-order valence-corrected chi connectivity index (χ2v) is 5.84. The molecular weight excluding hydrogens is 306 g/mol. The third-order valence-electron chi connectivity index (χ3n) is 2.74. The van der Waals surface area contributed by atoms with E-state index in [1.54, 1.807) is 32.9 Å². The summed E-state index contributed by atoms with van der Waals surface area (Å²) in [6.45, 7) is 2.34. The van der Waals surface area contributed by atoms with E-state index in [2.05, 4.69) is 10.1 Å². The molecule has 0 aliphatic heterocycles. The molecule has 1 atom stereocenters. The Morgan fingerprint density at radius 1 is 1.30 bits per heavy atom. The lowest BCUT2D eigenvalue weighted by molar-refractivity contribution is -0.0498. The van der Waals surface area contributed by atoms with Crippen molar-refractivity contribution in [1.29, 1.82) is 5.26 Å². The number of alkyl halides is 2. The smallest absolute Gasteiger partial charge is 0.408 e. The van der Waals surface area contributed by atoms with E-state index in [0.29, 0.717) is 12.0 Å². The summed E-state index contributed by atoms with van der Waals surface area (Å²) in [6, 6.07) is 7.46. The van der Waals surface area contributed by atoms with Crippen LogP contribution >= 0.6 is 0 Å². The molecule has 0 aliphatic carbocycles. The lowest BCUT2D eigenvalue weighted by Gasteiger charge is -2.23. The molecule has 0 heterocycles. The molecule has 1 aromatic rings. The molecule has 23 heavy (non-hydrogen) atoms. The van der Waals surface area contributed by atoms with Crippen molar-refractivity contribution in [3.05, 3.63) is 29.8 Å². The number of hydrogen-bond donors (Lipinski definition) is 1. The van der Waals surface area contributed by atoms with Crippen LogP contribution in [0.1, 0.15) is 45.2 Å². The summed E-state index contributed by atoms with van der Waals surface area (Å²) in [6.07, 6.45) is 0.00827. The highest BCUT2D eigenvalue weighted by Gasteiger charge is 2.20. The summed E-state index contributed by atoms with van der Waals surface area (Å²) in [7, 11) is 0. The quantitative estimate of drug-likeness (QED) is 0.852. The van der Waals surface area contributed by atoms with Crippen molar-refractivity contribution >= 4 is 6.09 Å².